The molecule has 5 nitrogen and oxygen atoms in total. The number of para-hydroxylation sites is 1. The fourth-order valence-corrected chi connectivity index (χ4v) is 7.41. The van der Waals surface area contributed by atoms with E-state index in [0.29, 0.717) is 11.8 Å². The number of anilines is 1. The number of aromatic nitrogens is 1. The summed E-state index contributed by atoms with van der Waals surface area (Å²) in [6.07, 6.45) is 9.83. The third kappa shape index (κ3) is 5.49. The molecule has 2 aliphatic heterocycles. The summed E-state index contributed by atoms with van der Waals surface area (Å²) in [6.45, 7) is 12.8. The Hall–Kier alpha value is -2.95. The lowest BCUT2D eigenvalue weighted by Gasteiger charge is -2.34. The molecule has 0 spiro atoms. The zero-order valence-corrected chi connectivity index (χ0v) is 25.0. The van der Waals surface area contributed by atoms with Gasteiger partial charge in [0.05, 0.1) is 5.69 Å². The van der Waals surface area contributed by atoms with E-state index in [-0.39, 0.29) is 6.09 Å². The molecule has 3 aliphatic rings. The molecular weight excluding hydrogens is 494 g/mol. The standard InChI is InChI=1S/C35H47N3O2/c1-25-14-15-28-31(24-25)38-23-22-36(19-16-26-17-20-37(21-18-26)34(39)40-35(2,3)4)30-13-9-8-12-29(30)33(38)32(28)27-10-6-5-7-11-27/h8-9,12-15,24,26-27H,5-7,10-11,16-23H2,1-4H3. The summed E-state index contributed by atoms with van der Waals surface area (Å²) in [5, 5.41) is 1.48. The van der Waals surface area contributed by atoms with Gasteiger partial charge in [-0.05, 0) is 94.9 Å². The van der Waals surface area contributed by atoms with Crippen LogP contribution in [-0.2, 0) is 11.3 Å². The normalized spacial score (nSPS) is 18.9. The molecule has 1 amide bonds. The third-order valence-corrected chi connectivity index (χ3v) is 9.44. The Bertz CT molecular complexity index is 1350. The summed E-state index contributed by atoms with van der Waals surface area (Å²) >= 11 is 0. The second-order valence-electron chi connectivity index (χ2n) is 13.5. The number of aryl methyl sites for hydroxylation is 1. The molecule has 2 fully saturated rings. The van der Waals surface area contributed by atoms with Crippen molar-refractivity contribution >= 4 is 22.7 Å². The first-order valence-electron chi connectivity index (χ1n) is 15.7. The Morgan fingerprint density at radius 2 is 1.68 bits per heavy atom. The van der Waals surface area contributed by atoms with Crippen LogP contribution in [0.5, 0.6) is 0 Å². The minimum Gasteiger partial charge on any atom is -0.444 e. The lowest BCUT2D eigenvalue weighted by atomic mass is 9.81. The number of nitrogens with zero attached hydrogens (tertiary/aromatic N) is 3. The van der Waals surface area contributed by atoms with Crippen LogP contribution in [0.3, 0.4) is 0 Å². The summed E-state index contributed by atoms with van der Waals surface area (Å²) in [5.74, 6) is 1.30. The Labute approximate surface area is 240 Å². The van der Waals surface area contributed by atoms with Crippen LogP contribution in [-0.4, -0.2) is 47.3 Å². The van der Waals surface area contributed by atoms with Crippen molar-refractivity contribution in [2.24, 2.45) is 5.92 Å². The maximum atomic E-state index is 12.5. The van der Waals surface area contributed by atoms with E-state index in [1.165, 1.54) is 71.9 Å². The summed E-state index contributed by atoms with van der Waals surface area (Å²) in [7, 11) is 0. The lowest BCUT2D eigenvalue weighted by Crippen LogP contribution is -2.42. The predicted molar refractivity (Wildman–Crippen MR) is 165 cm³/mol. The second kappa shape index (κ2) is 11.1. The number of ether oxygens (including phenoxy) is 1. The van der Waals surface area contributed by atoms with Crippen molar-refractivity contribution in [2.45, 2.75) is 97.1 Å². The van der Waals surface area contributed by atoms with Gasteiger partial charge < -0.3 is 19.1 Å². The van der Waals surface area contributed by atoms with E-state index in [4.69, 9.17) is 4.74 Å². The maximum Gasteiger partial charge on any atom is 0.410 e. The first-order chi connectivity index (χ1) is 19.3. The van der Waals surface area contributed by atoms with E-state index < -0.39 is 5.60 Å². The van der Waals surface area contributed by atoms with E-state index in [0.717, 1.165) is 45.6 Å². The monoisotopic (exact) mass is 541 g/mol. The Morgan fingerprint density at radius 3 is 2.42 bits per heavy atom. The van der Waals surface area contributed by atoms with Crippen molar-refractivity contribution in [1.29, 1.82) is 0 Å². The highest BCUT2D eigenvalue weighted by molar-refractivity contribution is 5.96. The molecule has 1 saturated carbocycles. The minimum absolute atomic E-state index is 0.162. The van der Waals surface area contributed by atoms with E-state index in [9.17, 15) is 4.79 Å². The van der Waals surface area contributed by atoms with Gasteiger partial charge in [0.1, 0.15) is 5.60 Å². The van der Waals surface area contributed by atoms with Gasteiger partial charge in [-0.2, -0.15) is 0 Å². The highest BCUT2D eigenvalue weighted by atomic mass is 16.6. The number of piperidine rings is 1. The van der Waals surface area contributed by atoms with Crippen LogP contribution >= 0.6 is 0 Å². The van der Waals surface area contributed by atoms with Crippen molar-refractivity contribution in [2.75, 3.05) is 31.1 Å². The number of hydrogen-bond acceptors (Lipinski definition) is 3. The average Bonchev–Trinajstić information content (AvgIpc) is 3.16. The maximum absolute atomic E-state index is 12.5. The van der Waals surface area contributed by atoms with Gasteiger partial charge in [0.2, 0.25) is 0 Å². The summed E-state index contributed by atoms with van der Waals surface area (Å²) in [4.78, 5) is 17.1. The first kappa shape index (κ1) is 27.2. The molecule has 0 unspecified atom stereocenters. The lowest BCUT2D eigenvalue weighted by molar-refractivity contribution is 0.0182. The quantitative estimate of drug-likeness (QED) is 0.332. The van der Waals surface area contributed by atoms with Gasteiger partial charge in [-0.25, -0.2) is 4.79 Å². The van der Waals surface area contributed by atoms with Crippen LogP contribution in [0.2, 0.25) is 0 Å². The fourth-order valence-electron chi connectivity index (χ4n) is 7.41. The highest BCUT2D eigenvalue weighted by Gasteiger charge is 2.31. The van der Waals surface area contributed by atoms with Gasteiger partial charge in [0, 0.05) is 54.9 Å². The van der Waals surface area contributed by atoms with Gasteiger partial charge >= 0.3 is 6.09 Å². The van der Waals surface area contributed by atoms with Crippen molar-refractivity contribution in [3.8, 4) is 11.3 Å². The zero-order valence-electron chi connectivity index (χ0n) is 25.0. The first-order valence-corrected chi connectivity index (χ1v) is 15.7. The Balaban J connectivity index is 1.24. The van der Waals surface area contributed by atoms with Crippen molar-refractivity contribution in [3.05, 3.63) is 53.6 Å². The number of fused-ring (bicyclic) bond motifs is 5. The van der Waals surface area contributed by atoms with E-state index in [2.05, 4.69) is 58.9 Å². The molecule has 0 N–H and O–H groups in total. The van der Waals surface area contributed by atoms with Gasteiger partial charge in [-0.15, -0.1) is 0 Å². The average molecular weight is 542 g/mol. The number of likely N-dealkylation sites (tertiary alicyclic amines) is 1. The fraction of sp³-hybridized carbons (Fsp3) is 0.571. The molecular formula is C35H47N3O2. The summed E-state index contributed by atoms with van der Waals surface area (Å²) in [6, 6.07) is 16.3. The molecule has 6 rings (SSSR count). The largest absolute Gasteiger partial charge is 0.444 e. The molecule has 0 radical (unpaired) electrons. The molecule has 3 aromatic rings. The molecule has 1 aromatic heterocycles. The molecule has 40 heavy (non-hydrogen) atoms. The van der Waals surface area contributed by atoms with Crippen LogP contribution in [0.15, 0.2) is 42.5 Å². The van der Waals surface area contributed by atoms with E-state index in [1.807, 2.05) is 25.7 Å². The van der Waals surface area contributed by atoms with Crippen LogP contribution in [0.1, 0.15) is 89.2 Å². The molecule has 1 aliphatic carbocycles. The van der Waals surface area contributed by atoms with Crippen LogP contribution in [0.25, 0.3) is 22.2 Å². The van der Waals surface area contributed by atoms with Gasteiger partial charge in [0.15, 0.2) is 0 Å². The topological polar surface area (TPSA) is 37.7 Å². The van der Waals surface area contributed by atoms with Crippen LogP contribution < -0.4 is 4.90 Å². The SMILES string of the molecule is Cc1ccc2c(C3CCCCC3)c3n(c2c1)CCN(CCC1CCN(C(=O)OC(C)(C)C)CC1)c1ccccc1-3. The van der Waals surface area contributed by atoms with Gasteiger partial charge in [-0.1, -0.05) is 49.6 Å². The summed E-state index contributed by atoms with van der Waals surface area (Å²) in [5.41, 5.74) is 8.22. The number of carbonyl (C=O) groups is 1. The van der Waals surface area contributed by atoms with Gasteiger partial charge in [0.25, 0.3) is 0 Å². The molecule has 5 heteroatoms. The molecule has 214 valence electrons. The van der Waals surface area contributed by atoms with Gasteiger partial charge in [-0.3, -0.25) is 0 Å². The molecule has 0 atom stereocenters. The second-order valence-corrected chi connectivity index (χ2v) is 13.5. The molecule has 0 bridgehead atoms. The van der Waals surface area contributed by atoms with E-state index >= 15 is 0 Å². The summed E-state index contributed by atoms with van der Waals surface area (Å²) < 4.78 is 8.27. The smallest absolute Gasteiger partial charge is 0.410 e. The Kier molecular flexibility index (Phi) is 7.58. The van der Waals surface area contributed by atoms with Crippen molar-refractivity contribution in [3.63, 3.8) is 0 Å². The van der Waals surface area contributed by atoms with Crippen molar-refractivity contribution < 1.29 is 9.53 Å². The minimum atomic E-state index is -0.437. The number of hydrogen-bond donors (Lipinski definition) is 0. The highest BCUT2D eigenvalue weighted by Crippen LogP contribution is 2.47. The van der Waals surface area contributed by atoms with Crippen molar-refractivity contribution in [1.82, 2.24) is 9.47 Å². The molecule has 2 aromatic carbocycles. The molecule has 1 saturated heterocycles. The molecule has 3 heterocycles. The number of carbonyl (C=O) groups excluding carboxylic acids is 1. The zero-order chi connectivity index (χ0) is 27.9. The third-order valence-electron chi connectivity index (χ3n) is 9.44. The number of benzene rings is 2. The van der Waals surface area contributed by atoms with E-state index in [1.54, 1.807) is 5.56 Å². The number of amides is 1. The predicted octanol–water partition coefficient (Wildman–Crippen LogP) is 8.52. The van der Waals surface area contributed by atoms with Crippen LogP contribution in [0, 0.1) is 12.8 Å². The van der Waals surface area contributed by atoms with Crippen LogP contribution in [0.4, 0.5) is 10.5 Å². The Morgan fingerprint density at radius 1 is 0.925 bits per heavy atom. The number of rotatable bonds is 4.